The number of hydrogen-bond acceptors (Lipinski definition) is 7. The van der Waals surface area contributed by atoms with Gasteiger partial charge in [-0.3, -0.25) is 10.1 Å². The second-order valence-electron chi connectivity index (χ2n) is 5.52. The van der Waals surface area contributed by atoms with Crippen molar-refractivity contribution in [2.45, 2.75) is 30.9 Å². The monoisotopic (exact) mass is 352 g/mol. The number of rotatable bonds is 5. The highest BCUT2D eigenvalue weighted by Gasteiger charge is 2.37. The van der Waals surface area contributed by atoms with E-state index in [1.54, 1.807) is 11.8 Å². The standard InChI is InChI=1S/C16H20N2O3S2/c19-14(15-17-8-10-22-15)13-7-4-9-18(13)23-16(20)21-11-12-5-2-1-3-6-12/h1-3,5-6,13,15,17H,4,7-11H2. The molecule has 0 radical (unpaired) electrons. The number of carbonyl (C=O) groups excluding carboxylic acids is 2. The third-order valence-corrected chi connectivity index (χ3v) is 6.01. The first-order valence-corrected chi connectivity index (χ1v) is 9.60. The van der Waals surface area contributed by atoms with Gasteiger partial charge >= 0.3 is 5.30 Å². The predicted octanol–water partition coefficient (Wildman–Crippen LogP) is 2.67. The lowest BCUT2D eigenvalue weighted by Gasteiger charge is -2.23. The minimum absolute atomic E-state index is 0.124. The molecule has 2 aliphatic heterocycles. The molecule has 2 aliphatic rings. The van der Waals surface area contributed by atoms with E-state index in [9.17, 15) is 9.59 Å². The fourth-order valence-electron chi connectivity index (χ4n) is 2.76. The molecule has 1 N–H and O–H groups in total. The van der Waals surface area contributed by atoms with Gasteiger partial charge in [-0.25, -0.2) is 9.10 Å². The van der Waals surface area contributed by atoms with Crippen LogP contribution in [0.3, 0.4) is 0 Å². The highest BCUT2D eigenvalue weighted by Crippen LogP contribution is 2.30. The molecule has 2 saturated heterocycles. The molecule has 7 heteroatoms. The summed E-state index contributed by atoms with van der Waals surface area (Å²) in [5, 5.41) is 2.74. The number of Topliss-reactive ketones (excluding diaryl/α,β-unsaturated/α-hetero) is 1. The van der Waals surface area contributed by atoms with Gasteiger partial charge in [-0.15, -0.1) is 11.8 Å². The molecule has 0 saturated carbocycles. The summed E-state index contributed by atoms with van der Waals surface area (Å²) < 4.78 is 7.18. The average molecular weight is 352 g/mol. The number of benzene rings is 1. The van der Waals surface area contributed by atoms with Crippen LogP contribution in [0.2, 0.25) is 0 Å². The maximum Gasteiger partial charge on any atom is 0.383 e. The molecule has 124 valence electrons. The van der Waals surface area contributed by atoms with Crippen molar-refractivity contribution in [3.05, 3.63) is 35.9 Å². The number of nitrogens with zero attached hydrogens (tertiary/aromatic N) is 1. The van der Waals surface area contributed by atoms with Crippen LogP contribution in [0.15, 0.2) is 30.3 Å². The molecule has 2 heterocycles. The number of ketones is 1. The van der Waals surface area contributed by atoms with Crippen molar-refractivity contribution in [2.75, 3.05) is 18.8 Å². The van der Waals surface area contributed by atoms with Crippen LogP contribution in [0.5, 0.6) is 0 Å². The van der Waals surface area contributed by atoms with Crippen LogP contribution in [0.1, 0.15) is 18.4 Å². The first-order chi connectivity index (χ1) is 11.2. The topological polar surface area (TPSA) is 58.6 Å². The SMILES string of the molecule is O=C(OCc1ccccc1)SN1CCCC1C(=O)C1NCCS1. The second kappa shape index (κ2) is 8.19. The third kappa shape index (κ3) is 4.50. The Labute approximate surface area is 144 Å². The van der Waals surface area contributed by atoms with Gasteiger partial charge in [-0.05, 0) is 18.4 Å². The normalized spacial score (nSPS) is 24.7. The van der Waals surface area contributed by atoms with E-state index >= 15 is 0 Å². The number of hydrogen-bond donors (Lipinski definition) is 1. The zero-order valence-electron chi connectivity index (χ0n) is 12.8. The summed E-state index contributed by atoms with van der Waals surface area (Å²) in [6.07, 6.45) is 1.75. The Balaban J connectivity index is 1.49. The Morgan fingerprint density at radius 1 is 1.35 bits per heavy atom. The summed E-state index contributed by atoms with van der Waals surface area (Å²) in [4.78, 5) is 24.6. The van der Waals surface area contributed by atoms with Crippen molar-refractivity contribution in [3.8, 4) is 0 Å². The van der Waals surface area contributed by atoms with Gasteiger partial charge in [0.05, 0.1) is 6.04 Å². The smallest absolute Gasteiger partial charge is 0.383 e. The van der Waals surface area contributed by atoms with Gasteiger partial charge in [0, 0.05) is 30.8 Å². The van der Waals surface area contributed by atoms with Crippen LogP contribution < -0.4 is 5.32 Å². The van der Waals surface area contributed by atoms with E-state index in [-0.39, 0.29) is 29.1 Å². The number of carbonyl (C=O) groups is 2. The van der Waals surface area contributed by atoms with Gasteiger partial charge < -0.3 is 4.74 Å². The van der Waals surface area contributed by atoms with Crippen LogP contribution >= 0.6 is 23.7 Å². The largest absolute Gasteiger partial charge is 0.452 e. The van der Waals surface area contributed by atoms with Crippen molar-refractivity contribution in [1.82, 2.24) is 9.62 Å². The Kier molecular flexibility index (Phi) is 5.99. The summed E-state index contributed by atoms with van der Waals surface area (Å²) in [6.45, 7) is 1.89. The van der Waals surface area contributed by atoms with E-state index in [2.05, 4.69) is 5.32 Å². The van der Waals surface area contributed by atoms with Crippen molar-refractivity contribution in [3.63, 3.8) is 0 Å². The zero-order valence-corrected chi connectivity index (χ0v) is 14.4. The molecule has 2 unspecified atom stereocenters. The van der Waals surface area contributed by atoms with E-state index in [0.717, 1.165) is 49.2 Å². The average Bonchev–Trinajstić information content (AvgIpc) is 3.25. The van der Waals surface area contributed by atoms with Gasteiger partial charge in [-0.2, -0.15) is 0 Å². The number of thioether (sulfide) groups is 1. The second-order valence-corrected chi connectivity index (χ2v) is 7.72. The lowest BCUT2D eigenvalue weighted by Crippen LogP contribution is -2.42. The van der Waals surface area contributed by atoms with Crippen LogP contribution in [-0.4, -0.2) is 45.6 Å². The maximum absolute atomic E-state index is 12.5. The first kappa shape index (κ1) is 16.8. The van der Waals surface area contributed by atoms with Crippen LogP contribution in [-0.2, 0) is 16.1 Å². The highest BCUT2D eigenvalue weighted by molar-refractivity contribution is 8.11. The Morgan fingerprint density at radius 3 is 2.91 bits per heavy atom. The van der Waals surface area contributed by atoms with Gasteiger partial charge in [0.15, 0.2) is 5.78 Å². The summed E-state index contributed by atoms with van der Waals surface area (Å²) in [7, 11) is 0. The minimum Gasteiger partial charge on any atom is -0.452 e. The Hall–Kier alpha value is -1.02. The lowest BCUT2D eigenvalue weighted by molar-refractivity contribution is -0.121. The minimum atomic E-state index is -0.347. The van der Waals surface area contributed by atoms with Gasteiger partial charge in [0.2, 0.25) is 0 Å². The summed E-state index contributed by atoms with van der Waals surface area (Å²) in [5.41, 5.74) is 0.960. The molecule has 2 fully saturated rings. The fraction of sp³-hybridized carbons (Fsp3) is 0.500. The molecule has 0 spiro atoms. The van der Waals surface area contributed by atoms with E-state index in [1.807, 2.05) is 34.6 Å². The maximum atomic E-state index is 12.5. The summed E-state index contributed by atoms with van der Waals surface area (Å²) >= 11 is 2.69. The molecule has 23 heavy (non-hydrogen) atoms. The van der Waals surface area contributed by atoms with E-state index in [0.29, 0.717) is 0 Å². The third-order valence-electron chi connectivity index (χ3n) is 3.90. The summed E-state index contributed by atoms with van der Waals surface area (Å²) in [5.74, 6) is 1.16. The van der Waals surface area contributed by atoms with Gasteiger partial charge in [0.25, 0.3) is 0 Å². The van der Waals surface area contributed by atoms with Crippen LogP contribution in [0.25, 0.3) is 0 Å². The molecule has 1 aromatic carbocycles. The highest BCUT2D eigenvalue weighted by atomic mass is 32.2. The molecular weight excluding hydrogens is 332 g/mol. The van der Waals surface area contributed by atoms with Crippen molar-refractivity contribution in [2.24, 2.45) is 0 Å². The first-order valence-electron chi connectivity index (χ1n) is 7.78. The van der Waals surface area contributed by atoms with Crippen molar-refractivity contribution in [1.29, 1.82) is 0 Å². The molecule has 0 aromatic heterocycles. The van der Waals surface area contributed by atoms with Crippen LogP contribution in [0, 0.1) is 0 Å². The molecule has 0 bridgehead atoms. The summed E-state index contributed by atoms with van der Waals surface area (Å²) in [6, 6.07) is 9.41. The fourth-order valence-corrected chi connectivity index (χ4v) is 4.64. The van der Waals surface area contributed by atoms with E-state index in [1.165, 1.54) is 0 Å². The van der Waals surface area contributed by atoms with Crippen LogP contribution in [0.4, 0.5) is 4.79 Å². The Morgan fingerprint density at radius 2 is 2.17 bits per heavy atom. The predicted molar refractivity (Wildman–Crippen MR) is 93.2 cm³/mol. The van der Waals surface area contributed by atoms with Crippen molar-refractivity contribution < 1.29 is 14.3 Å². The van der Waals surface area contributed by atoms with Gasteiger partial charge in [0.1, 0.15) is 12.0 Å². The molecule has 0 aliphatic carbocycles. The molecule has 5 nitrogen and oxygen atoms in total. The van der Waals surface area contributed by atoms with E-state index in [4.69, 9.17) is 4.74 Å². The molecule has 2 atom stereocenters. The van der Waals surface area contributed by atoms with Gasteiger partial charge in [-0.1, -0.05) is 30.3 Å². The zero-order chi connectivity index (χ0) is 16.1. The quantitative estimate of drug-likeness (QED) is 0.646. The van der Waals surface area contributed by atoms with E-state index < -0.39 is 0 Å². The lowest BCUT2D eigenvalue weighted by atomic mass is 10.1. The Bertz CT molecular complexity index is 550. The molecule has 3 rings (SSSR count). The number of nitrogens with one attached hydrogen (secondary N) is 1. The number of ether oxygens (including phenoxy) is 1. The molecule has 1 aromatic rings. The molecule has 0 amide bonds. The van der Waals surface area contributed by atoms with Crippen molar-refractivity contribution >= 4 is 34.8 Å². The molecular formula is C16H20N2O3S2.